The number of carbonyl (C=O) groups is 3. The molecule has 4 aromatic rings. The zero-order valence-electron chi connectivity index (χ0n) is 23.5. The van der Waals surface area contributed by atoms with Crippen LogP contribution in [0.15, 0.2) is 60.9 Å². The Balaban J connectivity index is 1.95. The molecular weight excluding hydrogens is 528 g/mol. The van der Waals surface area contributed by atoms with E-state index in [1.807, 2.05) is 19.1 Å². The first-order valence-electron chi connectivity index (χ1n) is 13.0. The summed E-state index contributed by atoms with van der Waals surface area (Å²) in [5.74, 6) is -1.08. The molecule has 0 aliphatic carbocycles. The minimum atomic E-state index is -1.25. The lowest BCUT2D eigenvalue weighted by Gasteiger charge is -2.22. The van der Waals surface area contributed by atoms with Gasteiger partial charge in [0.1, 0.15) is 12.4 Å². The van der Waals surface area contributed by atoms with Crippen LogP contribution in [-0.2, 0) is 17.8 Å². The van der Waals surface area contributed by atoms with Gasteiger partial charge in [0, 0.05) is 40.0 Å². The maximum absolute atomic E-state index is 14.0. The SMILES string of the molecule is Cc1ccnc(COc2ccn3c(C(=O)c4ccc(Cl)cc4)c(CC(C)(C)C(=O)O)c(C(=O)C(C)(C)C)c3c2)c1. The Hall–Kier alpha value is -3.97. The van der Waals surface area contributed by atoms with Gasteiger partial charge in [-0.3, -0.25) is 19.4 Å². The van der Waals surface area contributed by atoms with E-state index in [0.29, 0.717) is 33.0 Å². The summed E-state index contributed by atoms with van der Waals surface area (Å²) in [5.41, 5.74) is 1.57. The molecule has 3 aromatic heterocycles. The number of carboxylic acids is 1. The zero-order chi connectivity index (χ0) is 29.4. The van der Waals surface area contributed by atoms with Crippen molar-refractivity contribution in [2.24, 2.45) is 10.8 Å². The fraction of sp³-hybridized carbons (Fsp3) is 0.312. The molecule has 0 spiro atoms. The van der Waals surface area contributed by atoms with Crippen molar-refractivity contribution in [3.8, 4) is 5.75 Å². The zero-order valence-corrected chi connectivity index (χ0v) is 24.3. The lowest BCUT2D eigenvalue weighted by Crippen LogP contribution is -2.29. The molecule has 4 rings (SSSR count). The third kappa shape index (κ3) is 5.94. The number of carboxylic acid groups (broad SMARTS) is 1. The van der Waals surface area contributed by atoms with Gasteiger partial charge in [0.15, 0.2) is 5.78 Å². The van der Waals surface area contributed by atoms with E-state index < -0.39 is 16.8 Å². The number of ketones is 2. The number of hydrogen-bond donors (Lipinski definition) is 1. The number of pyridine rings is 2. The van der Waals surface area contributed by atoms with Gasteiger partial charge >= 0.3 is 5.97 Å². The van der Waals surface area contributed by atoms with Crippen molar-refractivity contribution < 1.29 is 24.2 Å². The molecule has 0 bridgehead atoms. The van der Waals surface area contributed by atoms with E-state index >= 15 is 0 Å². The lowest BCUT2D eigenvalue weighted by atomic mass is 9.79. The number of aliphatic carboxylic acids is 1. The van der Waals surface area contributed by atoms with Crippen molar-refractivity contribution in [1.82, 2.24) is 9.38 Å². The molecule has 0 atom stereocenters. The molecule has 8 heteroatoms. The molecule has 0 amide bonds. The second-order valence-corrected chi connectivity index (χ2v) is 12.2. The Kier molecular flexibility index (Phi) is 7.90. The molecule has 0 saturated heterocycles. The highest BCUT2D eigenvalue weighted by molar-refractivity contribution is 6.30. The summed E-state index contributed by atoms with van der Waals surface area (Å²) in [5, 5.41) is 10.5. The van der Waals surface area contributed by atoms with E-state index in [2.05, 4.69) is 4.98 Å². The van der Waals surface area contributed by atoms with Gasteiger partial charge in [0.05, 0.1) is 22.3 Å². The highest BCUT2D eigenvalue weighted by Gasteiger charge is 2.37. The molecule has 0 aliphatic rings. The summed E-state index contributed by atoms with van der Waals surface area (Å²) in [6, 6.07) is 13.8. The van der Waals surface area contributed by atoms with E-state index in [-0.39, 0.29) is 30.3 Å². The molecule has 1 N–H and O–H groups in total. The molecule has 7 nitrogen and oxygen atoms in total. The number of carbonyl (C=O) groups excluding carboxylic acids is 2. The largest absolute Gasteiger partial charge is 0.487 e. The number of hydrogen-bond acceptors (Lipinski definition) is 5. The van der Waals surface area contributed by atoms with Gasteiger partial charge in [0.2, 0.25) is 5.78 Å². The van der Waals surface area contributed by atoms with Gasteiger partial charge in [-0.05, 0) is 80.8 Å². The quantitative estimate of drug-likeness (QED) is 0.222. The van der Waals surface area contributed by atoms with Gasteiger partial charge < -0.3 is 14.2 Å². The van der Waals surface area contributed by atoms with E-state index in [0.717, 1.165) is 11.3 Å². The van der Waals surface area contributed by atoms with Crippen LogP contribution < -0.4 is 4.74 Å². The maximum Gasteiger partial charge on any atom is 0.309 e. The van der Waals surface area contributed by atoms with Crippen LogP contribution in [0.3, 0.4) is 0 Å². The van der Waals surface area contributed by atoms with Crippen molar-refractivity contribution in [2.75, 3.05) is 0 Å². The Morgan fingerprint density at radius 3 is 2.27 bits per heavy atom. The van der Waals surface area contributed by atoms with Gasteiger partial charge in [-0.2, -0.15) is 0 Å². The average Bonchev–Trinajstić information content (AvgIpc) is 3.18. The fourth-order valence-corrected chi connectivity index (χ4v) is 4.64. The topological polar surface area (TPSA) is 98.0 Å². The molecule has 0 saturated carbocycles. The average molecular weight is 561 g/mol. The second-order valence-electron chi connectivity index (χ2n) is 11.7. The van der Waals surface area contributed by atoms with Crippen LogP contribution in [0.5, 0.6) is 5.75 Å². The first-order valence-corrected chi connectivity index (χ1v) is 13.4. The van der Waals surface area contributed by atoms with Crippen molar-refractivity contribution in [3.05, 3.63) is 99.6 Å². The van der Waals surface area contributed by atoms with Gasteiger partial charge in [-0.1, -0.05) is 32.4 Å². The summed E-state index contributed by atoms with van der Waals surface area (Å²) < 4.78 is 7.71. The third-order valence-electron chi connectivity index (χ3n) is 6.80. The van der Waals surface area contributed by atoms with E-state index in [1.54, 1.807) is 87.8 Å². The van der Waals surface area contributed by atoms with Crippen molar-refractivity contribution in [2.45, 2.75) is 54.6 Å². The summed E-state index contributed by atoms with van der Waals surface area (Å²) in [7, 11) is 0. The predicted octanol–water partition coefficient (Wildman–Crippen LogP) is 6.99. The van der Waals surface area contributed by atoms with Gasteiger partial charge in [-0.25, -0.2) is 0 Å². The number of halogens is 1. The van der Waals surface area contributed by atoms with Crippen LogP contribution >= 0.6 is 11.6 Å². The number of nitrogens with zero attached hydrogens (tertiary/aromatic N) is 2. The van der Waals surface area contributed by atoms with E-state index in [1.165, 1.54) is 0 Å². The van der Waals surface area contributed by atoms with Crippen molar-refractivity contribution >= 4 is 34.7 Å². The smallest absolute Gasteiger partial charge is 0.309 e. The highest BCUT2D eigenvalue weighted by atomic mass is 35.5. The number of fused-ring (bicyclic) bond motifs is 1. The lowest BCUT2D eigenvalue weighted by molar-refractivity contribution is -0.146. The predicted molar refractivity (Wildman–Crippen MR) is 154 cm³/mol. The Morgan fingerprint density at radius 2 is 1.68 bits per heavy atom. The van der Waals surface area contributed by atoms with Gasteiger partial charge in [-0.15, -0.1) is 0 Å². The highest BCUT2D eigenvalue weighted by Crippen LogP contribution is 2.37. The number of aryl methyl sites for hydroxylation is 1. The van der Waals surface area contributed by atoms with Crippen LogP contribution in [0.25, 0.3) is 5.52 Å². The standard InChI is InChI=1S/C32H33ClN2O5/c1-19-11-13-34-22(15-19)18-40-23-12-14-35-25(16-23)26(29(37)31(2,3)4)24(17-32(5,6)30(38)39)27(35)28(36)20-7-9-21(33)10-8-20/h7-16H,17-18H2,1-6H3,(H,38,39). The summed E-state index contributed by atoms with van der Waals surface area (Å²) >= 11 is 6.06. The first kappa shape index (κ1) is 29.0. The molecule has 40 heavy (non-hydrogen) atoms. The molecular formula is C32H33ClN2O5. The summed E-state index contributed by atoms with van der Waals surface area (Å²) in [6.45, 7) is 10.8. The monoisotopic (exact) mass is 560 g/mol. The molecule has 3 heterocycles. The Morgan fingerprint density at radius 1 is 1.00 bits per heavy atom. The van der Waals surface area contributed by atoms with E-state index in [9.17, 15) is 19.5 Å². The summed E-state index contributed by atoms with van der Waals surface area (Å²) in [6.07, 6.45) is 3.38. The number of rotatable bonds is 9. The molecule has 0 aliphatic heterocycles. The number of benzene rings is 1. The molecule has 0 unspecified atom stereocenters. The Labute approximate surface area is 238 Å². The first-order chi connectivity index (χ1) is 18.7. The van der Waals surface area contributed by atoms with Crippen LogP contribution in [0, 0.1) is 17.8 Å². The van der Waals surface area contributed by atoms with Crippen molar-refractivity contribution in [3.63, 3.8) is 0 Å². The normalized spacial score (nSPS) is 12.0. The number of aromatic nitrogens is 2. The van der Waals surface area contributed by atoms with E-state index in [4.69, 9.17) is 16.3 Å². The maximum atomic E-state index is 14.0. The second kappa shape index (κ2) is 10.9. The number of Topliss-reactive ketones (excluding diaryl/α,β-unsaturated/α-hetero) is 1. The van der Waals surface area contributed by atoms with Crippen LogP contribution in [0.2, 0.25) is 5.02 Å². The van der Waals surface area contributed by atoms with Crippen LogP contribution in [0.4, 0.5) is 0 Å². The fourth-order valence-electron chi connectivity index (χ4n) is 4.51. The molecule has 0 radical (unpaired) electrons. The summed E-state index contributed by atoms with van der Waals surface area (Å²) in [4.78, 5) is 44.5. The molecule has 1 aromatic carbocycles. The van der Waals surface area contributed by atoms with Crippen molar-refractivity contribution in [1.29, 1.82) is 0 Å². The number of ether oxygens (including phenoxy) is 1. The minimum absolute atomic E-state index is 0.0285. The molecule has 0 fully saturated rings. The van der Waals surface area contributed by atoms with Crippen LogP contribution in [0.1, 0.15) is 77.8 Å². The minimum Gasteiger partial charge on any atom is -0.487 e. The van der Waals surface area contributed by atoms with Crippen LogP contribution in [-0.4, -0.2) is 32.0 Å². The molecule has 208 valence electrons. The Bertz CT molecular complexity index is 1610. The van der Waals surface area contributed by atoms with Gasteiger partial charge in [0.25, 0.3) is 0 Å². The third-order valence-corrected chi connectivity index (χ3v) is 7.05.